The standard InChI is InChI=1S/C20H23N3O7/c1-5-29-16-8-6-13(10-15(16)23(26)27)19(24)21-22-20(25)14-7-9-17(30-12(2)3)18(11-14)28-4/h6-12H,5H2,1-4H3,(H,21,24)(H,22,25). The van der Waals surface area contributed by atoms with Crippen molar-refractivity contribution in [2.45, 2.75) is 26.9 Å². The molecule has 10 heteroatoms. The van der Waals surface area contributed by atoms with Crippen LogP contribution in [0.3, 0.4) is 0 Å². The van der Waals surface area contributed by atoms with Gasteiger partial charge in [-0.3, -0.25) is 30.6 Å². The highest BCUT2D eigenvalue weighted by molar-refractivity contribution is 5.99. The minimum absolute atomic E-state index is 0.0104. The Morgan fingerprint density at radius 3 is 2.07 bits per heavy atom. The lowest BCUT2D eigenvalue weighted by molar-refractivity contribution is -0.385. The third-order valence-corrected chi connectivity index (χ3v) is 3.80. The molecule has 0 saturated heterocycles. The molecular formula is C20H23N3O7. The van der Waals surface area contributed by atoms with Crippen LogP contribution in [0, 0.1) is 10.1 Å². The van der Waals surface area contributed by atoms with Gasteiger partial charge in [0.15, 0.2) is 17.2 Å². The monoisotopic (exact) mass is 417 g/mol. The molecule has 2 aromatic rings. The minimum atomic E-state index is -0.721. The van der Waals surface area contributed by atoms with E-state index in [2.05, 4.69) is 10.9 Å². The Balaban J connectivity index is 2.10. The Labute approximate surface area is 173 Å². The number of carbonyl (C=O) groups excluding carboxylic acids is 2. The average Bonchev–Trinajstić information content (AvgIpc) is 2.71. The molecule has 2 amide bonds. The van der Waals surface area contributed by atoms with Crippen LogP contribution >= 0.6 is 0 Å². The summed E-state index contributed by atoms with van der Waals surface area (Å²) in [6, 6.07) is 8.35. The Hall–Kier alpha value is -3.82. The number of nitrogens with zero attached hydrogens (tertiary/aromatic N) is 1. The molecule has 0 aromatic heterocycles. The van der Waals surface area contributed by atoms with E-state index < -0.39 is 16.7 Å². The number of rotatable bonds is 8. The van der Waals surface area contributed by atoms with Crippen molar-refractivity contribution in [2.75, 3.05) is 13.7 Å². The van der Waals surface area contributed by atoms with Gasteiger partial charge in [-0.2, -0.15) is 0 Å². The van der Waals surface area contributed by atoms with Crippen LogP contribution < -0.4 is 25.1 Å². The van der Waals surface area contributed by atoms with Crippen LogP contribution in [0.5, 0.6) is 17.2 Å². The highest BCUT2D eigenvalue weighted by atomic mass is 16.6. The fourth-order valence-electron chi connectivity index (χ4n) is 2.50. The maximum atomic E-state index is 12.3. The van der Waals surface area contributed by atoms with E-state index in [0.29, 0.717) is 11.5 Å². The molecule has 0 radical (unpaired) electrons. The summed E-state index contributed by atoms with van der Waals surface area (Å²) < 4.78 is 16.0. The van der Waals surface area contributed by atoms with Crippen LogP contribution in [0.2, 0.25) is 0 Å². The molecule has 2 aromatic carbocycles. The highest BCUT2D eigenvalue weighted by Crippen LogP contribution is 2.29. The molecule has 0 fully saturated rings. The van der Waals surface area contributed by atoms with Gasteiger partial charge in [-0.1, -0.05) is 0 Å². The molecule has 10 nitrogen and oxygen atoms in total. The second-order valence-corrected chi connectivity index (χ2v) is 6.31. The number of nitrogens with one attached hydrogen (secondary N) is 2. The number of carbonyl (C=O) groups is 2. The number of hydrogen-bond donors (Lipinski definition) is 2. The van der Waals surface area contributed by atoms with Crippen LogP contribution in [0.1, 0.15) is 41.5 Å². The smallest absolute Gasteiger partial charge is 0.311 e. The lowest BCUT2D eigenvalue weighted by atomic mass is 10.1. The second kappa shape index (κ2) is 10.1. The molecule has 0 aliphatic carbocycles. The predicted octanol–water partition coefficient (Wildman–Crippen LogP) is 2.86. The fourth-order valence-corrected chi connectivity index (χ4v) is 2.50. The van der Waals surface area contributed by atoms with Gasteiger partial charge in [0.05, 0.1) is 24.7 Å². The van der Waals surface area contributed by atoms with Gasteiger partial charge < -0.3 is 14.2 Å². The van der Waals surface area contributed by atoms with E-state index in [-0.39, 0.29) is 35.3 Å². The number of ether oxygens (including phenoxy) is 3. The number of benzene rings is 2. The van der Waals surface area contributed by atoms with E-state index in [1.54, 1.807) is 13.0 Å². The van der Waals surface area contributed by atoms with Crippen molar-refractivity contribution in [1.82, 2.24) is 10.9 Å². The molecule has 0 saturated carbocycles. The molecule has 30 heavy (non-hydrogen) atoms. The molecule has 2 rings (SSSR count). The zero-order valence-corrected chi connectivity index (χ0v) is 17.1. The first-order valence-corrected chi connectivity index (χ1v) is 9.13. The van der Waals surface area contributed by atoms with Crippen LogP contribution in [-0.2, 0) is 0 Å². The quantitative estimate of drug-likeness (QED) is 0.499. The Morgan fingerprint density at radius 2 is 1.57 bits per heavy atom. The summed E-state index contributed by atoms with van der Waals surface area (Å²) in [5, 5.41) is 11.2. The first kappa shape index (κ1) is 22.5. The molecule has 160 valence electrons. The zero-order valence-electron chi connectivity index (χ0n) is 17.1. The molecule has 2 N–H and O–H groups in total. The second-order valence-electron chi connectivity index (χ2n) is 6.31. The number of nitro benzene ring substituents is 1. The summed E-state index contributed by atoms with van der Waals surface area (Å²) in [6.45, 7) is 5.66. The van der Waals surface area contributed by atoms with Crippen molar-refractivity contribution in [3.63, 3.8) is 0 Å². The SMILES string of the molecule is CCOc1ccc(C(=O)NNC(=O)c2ccc(OC(C)C)c(OC)c2)cc1[N+](=O)[O-]. The van der Waals surface area contributed by atoms with Crippen molar-refractivity contribution in [3.8, 4) is 17.2 Å². The zero-order chi connectivity index (χ0) is 22.3. The molecule has 0 aliphatic heterocycles. The van der Waals surface area contributed by atoms with Gasteiger partial charge in [-0.15, -0.1) is 0 Å². The number of amides is 2. The first-order valence-electron chi connectivity index (χ1n) is 9.13. The van der Waals surface area contributed by atoms with E-state index in [9.17, 15) is 19.7 Å². The summed E-state index contributed by atoms with van der Waals surface area (Å²) >= 11 is 0. The van der Waals surface area contributed by atoms with Crippen molar-refractivity contribution >= 4 is 17.5 Å². The summed E-state index contributed by atoms with van der Waals surface area (Å²) in [5.41, 5.74) is 4.35. The molecular weight excluding hydrogens is 394 g/mol. The number of nitro groups is 1. The van der Waals surface area contributed by atoms with Gasteiger partial charge in [-0.05, 0) is 51.1 Å². The first-order chi connectivity index (χ1) is 14.3. The molecule has 0 unspecified atom stereocenters. The van der Waals surface area contributed by atoms with Gasteiger partial charge in [0, 0.05) is 17.2 Å². The maximum Gasteiger partial charge on any atom is 0.311 e. The van der Waals surface area contributed by atoms with Crippen LogP contribution in [0.25, 0.3) is 0 Å². The molecule has 0 spiro atoms. The lowest BCUT2D eigenvalue weighted by Crippen LogP contribution is -2.41. The topological polar surface area (TPSA) is 129 Å². The Morgan fingerprint density at radius 1 is 1.00 bits per heavy atom. The summed E-state index contributed by atoms with van der Waals surface area (Å²) in [4.78, 5) is 35.2. The van der Waals surface area contributed by atoms with E-state index in [4.69, 9.17) is 14.2 Å². The third-order valence-electron chi connectivity index (χ3n) is 3.80. The van der Waals surface area contributed by atoms with Crippen molar-refractivity contribution < 1.29 is 28.7 Å². The van der Waals surface area contributed by atoms with E-state index in [1.165, 1.54) is 31.4 Å². The molecule has 0 bridgehead atoms. The predicted molar refractivity (Wildman–Crippen MR) is 108 cm³/mol. The molecule has 0 heterocycles. The van der Waals surface area contributed by atoms with Crippen LogP contribution in [0.4, 0.5) is 5.69 Å². The van der Waals surface area contributed by atoms with Gasteiger partial charge in [0.25, 0.3) is 11.8 Å². The Kier molecular flexibility index (Phi) is 7.56. The van der Waals surface area contributed by atoms with Crippen molar-refractivity contribution in [1.29, 1.82) is 0 Å². The number of hydrogen-bond acceptors (Lipinski definition) is 7. The normalized spacial score (nSPS) is 10.3. The average molecular weight is 417 g/mol. The highest BCUT2D eigenvalue weighted by Gasteiger charge is 2.19. The van der Waals surface area contributed by atoms with Gasteiger partial charge >= 0.3 is 5.69 Å². The van der Waals surface area contributed by atoms with Crippen molar-refractivity contribution in [3.05, 3.63) is 57.6 Å². The van der Waals surface area contributed by atoms with E-state index >= 15 is 0 Å². The van der Waals surface area contributed by atoms with E-state index in [1.807, 2.05) is 13.8 Å². The molecule has 0 aliphatic rings. The van der Waals surface area contributed by atoms with E-state index in [0.717, 1.165) is 6.07 Å². The lowest BCUT2D eigenvalue weighted by Gasteiger charge is -2.14. The van der Waals surface area contributed by atoms with Gasteiger partial charge in [-0.25, -0.2) is 0 Å². The third kappa shape index (κ3) is 5.60. The maximum absolute atomic E-state index is 12.3. The summed E-state index contributed by atoms with van der Waals surface area (Å²) in [6.07, 6.45) is -0.0731. The fraction of sp³-hybridized carbons (Fsp3) is 0.300. The summed E-state index contributed by atoms with van der Waals surface area (Å²) in [5.74, 6) is -0.419. The Bertz CT molecular complexity index is 944. The largest absolute Gasteiger partial charge is 0.493 e. The van der Waals surface area contributed by atoms with Crippen LogP contribution in [0.15, 0.2) is 36.4 Å². The van der Waals surface area contributed by atoms with Crippen LogP contribution in [-0.4, -0.2) is 36.6 Å². The number of hydrazine groups is 1. The van der Waals surface area contributed by atoms with Gasteiger partial charge in [0.1, 0.15) is 0 Å². The molecule has 0 atom stereocenters. The number of methoxy groups -OCH3 is 1. The van der Waals surface area contributed by atoms with Gasteiger partial charge in [0.2, 0.25) is 0 Å². The van der Waals surface area contributed by atoms with Crippen molar-refractivity contribution in [2.24, 2.45) is 0 Å². The summed E-state index contributed by atoms with van der Waals surface area (Å²) in [7, 11) is 1.45. The minimum Gasteiger partial charge on any atom is -0.493 e.